The van der Waals surface area contributed by atoms with E-state index in [1.807, 2.05) is 17.8 Å². The standard InChI is InChI=1S/C23H22N2O4S2/c24-14-15-2-1-3-18(12-15)31(28,29)25-20-7-6-17(22(26)27)13-19(20)23(8-10-30-11-9-23)21(25)16-4-5-16/h1-3,6-7,12-13,16,21H,4-5,8-11H2,(H,26,27). The number of hydrogen-bond acceptors (Lipinski definition) is 5. The molecule has 2 aromatic rings. The minimum Gasteiger partial charge on any atom is -0.478 e. The Balaban J connectivity index is 1.74. The summed E-state index contributed by atoms with van der Waals surface area (Å²) in [6.07, 6.45) is 3.62. The molecule has 31 heavy (non-hydrogen) atoms. The van der Waals surface area contributed by atoms with Gasteiger partial charge in [-0.2, -0.15) is 17.0 Å². The molecule has 2 heterocycles. The number of fused-ring (bicyclic) bond motifs is 2. The van der Waals surface area contributed by atoms with E-state index in [0.717, 1.165) is 42.8 Å². The Morgan fingerprint density at radius 2 is 1.90 bits per heavy atom. The van der Waals surface area contributed by atoms with Crippen LogP contribution in [0.25, 0.3) is 0 Å². The third-order valence-electron chi connectivity index (χ3n) is 6.81. The molecule has 0 amide bonds. The van der Waals surface area contributed by atoms with Crippen molar-refractivity contribution >= 4 is 33.4 Å². The molecular formula is C23H22N2O4S2. The molecule has 1 spiro atoms. The summed E-state index contributed by atoms with van der Waals surface area (Å²) < 4.78 is 29.5. The summed E-state index contributed by atoms with van der Waals surface area (Å²) >= 11 is 1.86. The first-order chi connectivity index (χ1) is 14.9. The molecule has 6 nitrogen and oxygen atoms in total. The van der Waals surface area contributed by atoms with Gasteiger partial charge in [0.05, 0.1) is 33.8 Å². The number of aromatic carboxylic acids is 1. The lowest BCUT2D eigenvalue weighted by molar-refractivity contribution is 0.0696. The van der Waals surface area contributed by atoms with Gasteiger partial charge in [0.2, 0.25) is 0 Å². The van der Waals surface area contributed by atoms with Gasteiger partial charge in [0.1, 0.15) is 0 Å². The van der Waals surface area contributed by atoms with E-state index in [1.54, 1.807) is 28.6 Å². The minimum atomic E-state index is -3.92. The van der Waals surface area contributed by atoms with Gasteiger partial charge in [-0.15, -0.1) is 0 Å². The second-order valence-corrected chi connectivity index (χ2v) is 11.6. The zero-order chi connectivity index (χ0) is 21.8. The van der Waals surface area contributed by atoms with Gasteiger partial charge < -0.3 is 5.11 Å². The van der Waals surface area contributed by atoms with E-state index >= 15 is 0 Å². The van der Waals surface area contributed by atoms with E-state index in [2.05, 4.69) is 0 Å². The Kier molecular flexibility index (Phi) is 4.79. The first kappa shape index (κ1) is 20.4. The Hall–Kier alpha value is -2.50. The smallest absolute Gasteiger partial charge is 0.335 e. The summed E-state index contributed by atoms with van der Waals surface area (Å²) in [6.45, 7) is 0. The summed E-state index contributed by atoms with van der Waals surface area (Å²) in [5.41, 5.74) is 1.57. The maximum atomic E-state index is 13.9. The van der Waals surface area contributed by atoms with E-state index in [1.165, 1.54) is 18.2 Å². The van der Waals surface area contributed by atoms with E-state index in [9.17, 15) is 23.6 Å². The molecule has 1 N–H and O–H groups in total. The number of sulfonamides is 1. The van der Waals surface area contributed by atoms with Crippen molar-refractivity contribution in [2.75, 3.05) is 15.8 Å². The molecule has 3 aliphatic rings. The van der Waals surface area contributed by atoms with Crippen LogP contribution in [0.2, 0.25) is 0 Å². The van der Waals surface area contributed by atoms with Gasteiger partial charge in [-0.25, -0.2) is 13.2 Å². The number of carboxylic acid groups (broad SMARTS) is 1. The van der Waals surface area contributed by atoms with Crippen molar-refractivity contribution in [3.8, 4) is 6.07 Å². The number of thioether (sulfide) groups is 1. The van der Waals surface area contributed by atoms with Crippen molar-refractivity contribution in [1.29, 1.82) is 5.26 Å². The third-order valence-corrected chi connectivity index (χ3v) is 9.59. The van der Waals surface area contributed by atoms with E-state index in [-0.39, 0.29) is 27.8 Å². The molecule has 8 heteroatoms. The first-order valence-corrected chi connectivity index (χ1v) is 13.0. The lowest BCUT2D eigenvalue weighted by atomic mass is 9.70. The Morgan fingerprint density at radius 3 is 2.55 bits per heavy atom. The number of carboxylic acids is 1. The SMILES string of the molecule is N#Cc1cccc(S(=O)(=O)N2c3ccc(C(=O)O)cc3C3(CCSCC3)C2C2CC2)c1. The average molecular weight is 455 g/mol. The maximum absolute atomic E-state index is 13.9. The lowest BCUT2D eigenvalue weighted by Crippen LogP contribution is -2.50. The fourth-order valence-electron chi connectivity index (χ4n) is 5.27. The van der Waals surface area contributed by atoms with E-state index in [0.29, 0.717) is 11.3 Å². The molecule has 1 saturated carbocycles. The molecular weight excluding hydrogens is 432 g/mol. The first-order valence-electron chi connectivity index (χ1n) is 10.4. The van der Waals surface area contributed by atoms with Crippen molar-refractivity contribution in [2.45, 2.75) is 42.0 Å². The molecule has 2 aliphatic heterocycles. The fraction of sp³-hybridized carbons (Fsp3) is 0.391. The number of nitrogens with zero attached hydrogens (tertiary/aromatic N) is 2. The molecule has 1 aliphatic carbocycles. The molecule has 1 unspecified atom stereocenters. The molecule has 0 bridgehead atoms. The molecule has 2 aromatic carbocycles. The van der Waals surface area contributed by atoms with Crippen molar-refractivity contribution in [2.24, 2.45) is 5.92 Å². The fourth-order valence-corrected chi connectivity index (χ4v) is 8.33. The maximum Gasteiger partial charge on any atom is 0.335 e. The number of rotatable bonds is 4. The van der Waals surface area contributed by atoms with Gasteiger partial charge >= 0.3 is 5.97 Å². The molecule has 0 aromatic heterocycles. The molecule has 1 atom stereocenters. The molecule has 160 valence electrons. The van der Waals surface area contributed by atoms with Crippen LogP contribution in [0, 0.1) is 17.2 Å². The number of anilines is 1. The average Bonchev–Trinajstić information content (AvgIpc) is 3.58. The van der Waals surface area contributed by atoms with Gasteiger partial charge in [0.25, 0.3) is 10.0 Å². The Bertz CT molecular complexity index is 1210. The largest absolute Gasteiger partial charge is 0.478 e. The van der Waals surface area contributed by atoms with Gasteiger partial charge in [-0.05, 0) is 85.1 Å². The third kappa shape index (κ3) is 3.14. The van der Waals surface area contributed by atoms with Crippen LogP contribution in [-0.2, 0) is 15.4 Å². The van der Waals surface area contributed by atoms with Crippen LogP contribution in [0.1, 0.15) is 47.2 Å². The number of nitriles is 1. The second kappa shape index (κ2) is 7.28. The molecule has 0 radical (unpaired) electrons. The highest BCUT2D eigenvalue weighted by Gasteiger charge is 2.59. The van der Waals surface area contributed by atoms with Gasteiger partial charge in [0.15, 0.2) is 0 Å². The highest BCUT2D eigenvalue weighted by Crippen LogP contribution is 2.59. The van der Waals surface area contributed by atoms with Crippen molar-refractivity contribution < 1.29 is 18.3 Å². The highest BCUT2D eigenvalue weighted by molar-refractivity contribution is 7.99. The van der Waals surface area contributed by atoms with Crippen LogP contribution >= 0.6 is 11.8 Å². The summed E-state index contributed by atoms with van der Waals surface area (Å²) in [5, 5.41) is 18.9. The highest BCUT2D eigenvalue weighted by atomic mass is 32.2. The summed E-state index contributed by atoms with van der Waals surface area (Å²) in [7, 11) is -3.92. The van der Waals surface area contributed by atoms with Crippen LogP contribution in [0.3, 0.4) is 0 Å². The summed E-state index contributed by atoms with van der Waals surface area (Å²) in [5.74, 6) is 1.11. The van der Waals surface area contributed by atoms with Crippen molar-refractivity contribution in [1.82, 2.24) is 0 Å². The van der Waals surface area contributed by atoms with Gasteiger partial charge in [0, 0.05) is 5.41 Å². The Labute approximate surface area is 185 Å². The van der Waals surface area contributed by atoms with Crippen LogP contribution in [0.5, 0.6) is 0 Å². The molecule has 5 rings (SSSR count). The van der Waals surface area contributed by atoms with Crippen LogP contribution in [0.15, 0.2) is 47.4 Å². The number of benzene rings is 2. The van der Waals surface area contributed by atoms with Crippen LogP contribution in [-0.4, -0.2) is 37.0 Å². The van der Waals surface area contributed by atoms with E-state index < -0.39 is 16.0 Å². The number of carbonyl (C=O) groups is 1. The lowest BCUT2D eigenvalue weighted by Gasteiger charge is -2.41. The monoisotopic (exact) mass is 454 g/mol. The predicted octanol–water partition coefficient (Wildman–Crippen LogP) is 4.01. The van der Waals surface area contributed by atoms with E-state index in [4.69, 9.17) is 0 Å². The van der Waals surface area contributed by atoms with Crippen molar-refractivity contribution in [3.05, 3.63) is 59.2 Å². The van der Waals surface area contributed by atoms with Crippen molar-refractivity contribution in [3.63, 3.8) is 0 Å². The molecule has 2 fully saturated rings. The minimum absolute atomic E-state index is 0.104. The van der Waals surface area contributed by atoms with Gasteiger partial charge in [-0.3, -0.25) is 4.31 Å². The number of hydrogen-bond donors (Lipinski definition) is 1. The van der Waals surface area contributed by atoms with Crippen LogP contribution in [0.4, 0.5) is 5.69 Å². The zero-order valence-corrected chi connectivity index (χ0v) is 18.5. The topological polar surface area (TPSA) is 98.5 Å². The summed E-state index contributed by atoms with van der Waals surface area (Å²) in [4.78, 5) is 11.8. The molecule has 1 saturated heterocycles. The van der Waals surface area contributed by atoms with Gasteiger partial charge in [-0.1, -0.05) is 6.07 Å². The van der Waals surface area contributed by atoms with Crippen LogP contribution < -0.4 is 4.31 Å². The predicted molar refractivity (Wildman–Crippen MR) is 119 cm³/mol. The normalized spacial score (nSPS) is 22.2. The Morgan fingerprint density at radius 1 is 1.16 bits per heavy atom. The second-order valence-electron chi connectivity index (χ2n) is 8.53. The quantitative estimate of drug-likeness (QED) is 0.750. The summed E-state index contributed by atoms with van der Waals surface area (Å²) in [6, 6.07) is 12.8. The zero-order valence-electron chi connectivity index (χ0n) is 16.8.